The Kier molecular flexibility index (Phi) is 6.51. The van der Waals surface area contributed by atoms with Gasteiger partial charge in [-0.1, -0.05) is 54.1 Å². The quantitative estimate of drug-likeness (QED) is 0.416. The van der Waals surface area contributed by atoms with Crippen LogP contribution in [0.1, 0.15) is 16.7 Å². The number of benzene rings is 3. The van der Waals surface area contributed by atoms with E-state index in [0.717, 1.165) is 17.4 Å². The standard InChI is InChI=1S/C24H22ClN3O4S/c1-33(31,32)23-12-19(27-24(30)10-18-7-2-3-8-21(18)25)11-22-20(23)13-26-28(22)14-16-5-4-6-17(9-16)15-29/h2-9,11-13,29H,10,14-15H2,1H3,(H,27,30). The van der Waals surface area contributed by atoms with E-state index in [-0.39, 0.29) is 23.8 Å². The number of fused-ring (bicyclic) bond motifs is 1. The molecule has 0 unspecified atom stereocenters. The monoisotopic (exact) mass is 483 g/mol. The van der Waals surface area contributed by atoms with Crippen LogP contribution in [-0.2, 0) is 34.2 Å². The number of sulfone groups is 1. The number of carbonyl (C=O) groups excluding carboxylic acids is 1. The van der Waals surface area contributed by atoms with Crippen molar-refractivity contribution >= 4 is 43.9 Å². The Morgan fingerprint density at radius 2 is 1.85 bits per heavy atom. The molecule has 2 N–H and O–H groups in total. The fraction of sp³-hybridized carbons (Fsp3) is 0.167. The molecule has 0 aliphatic carbocycles. The van der Waals surface area contributed by atoms with Crippen molar-refractivity contribution in [2.45, 2.75) is 24.5 Å². The van der Waals surface area contributed by atoms with Gasteiger partial charge in [-0.05, 0) is 34.9 Å². The van der Waals surface area contributed by atoms with Crippen molar-refractivity contribution in [1.82, 2.24) is 9.78 Å². The molecule has 170 valence electrons. The van der Waals surface area contributed by atoms with Gasteiger partial charge in [0.15, 0.2) is 9.84 Å². The second-order valence-corrected chi connectivity index (χ2v) is 10.2. The second kappa shape index (κ2) is 9.35. The molecule has 33 heavy (non-hydrogen) atoms. The van der Waals surface area contributed by atoms with Crippen LogP contribution >= 0.6 is 11.6 Å². The first-order valence-electron chi connectivity index (χ1n) is 10.2. The number of aliphatic hydroxyl groups excluding tert-OH is 1. The van der Waals surface area contributed by atoms with Crippen molar-refractivity contribution in [2.24, 2.45) is 0 Å². The minimum absolute atomic E-state index is 0.0547. The lowest BCUT2D eigenvalue weighted by Crippen LogP contribution is -2.15. The molecule has 4 aromatic rings. The molecular formula is C24H22ClN3O4S. The molecule has 0 saturated carbocycles. The third kappa shape index (κ3) is 5.24. The molecule has 3 aromatic carbocycles. The fourth-order valence-corrected chi connectivity index (χ4v) is 4.77. The molecule has 0 fully saturated rings. The van der Waals surface area contributed by atoms with Gasteiger partial charge in [-0.2, -0.15) is 5.10 Å². The van der Waals surface area contributed by atoms with Gasteiger partial charge in [0.25, 0.3) is 0 Å². The van der Waals surface area contributed by atoms with Gasteiger partial charge in [0.05, 0.1) is 36.2 Å². The van der Waals surface area contributed by atoms with Crippen molar-refractivity contribution in [1.29, 1.82) is 0 Å². The van der Waals surface area contributed by atoms with Crippen LogP contribution in [0, 0.1) is 0 Å². The van der Waals surface area contributed by atoms with E-state index >= 15 is 0 Å². The molecule has 0 atom stereocenters. The van der Waals surface area contributed by atoms with Gasteiger partial charge < -0.3 is 10.4 Å². The second-order valence-electron chi connectivity index (χ2n) is 7.78. The van der Waals surface area contributed by atoms with Crippen LogP contribution in [0.3, 0.4) is 0 Å². The van der Waals surface area contributed by atoms with E-state index in [1.807, 2.05) is 24.3 Å². The third-order valence-electron chi connectivity index (χ3n) is 5.22. The van der Waals surface area contributed by atoms with Crippen molar-refractivity contribution in [3.63, 3.8) is 0 Å². The highest BCUT2D eigenvalue weighted by molar-refractivity contribution is 7.91. The molecule has 0 aliphatic rings. The Hall–Kier alpha value is -3.20. The lowest BCUT2D eigenvalue weighted by atomic mass is 10.1. The first kappa shape index (κ1) is 23.0. The lowest BCUT2D eigenvalue weighted by Gasteiger charge is -2.11. The maximum absolute atomic E-state index is 12.7. The topological polar surface area (TPSA) is 101 Å². The molecule has 0 spiro atoms. The summed E-state index contributed by atoms with van der Waals surface area (Å²) in [5, 5.41) is 17.5. The Labute approximate surface area is 196 Å². The number of carbonyl (C=O) groups is 1. The number of rotatable bonds is 7. The molecular weight excluding hydrogens is 462 g/mol. The van der Waals surface area contributed by atoms with E-state index in [4.69, 9.17) is 11.6 Å². The van der Waals surface area contributed by atoms with Crippen molar-refractivity contribution in [3.8, 4) is 0 Å². The summed E-state index contributed by atoms with van der Waals surface area (Å²) >= 11 is 6.15. The summed E-state index contributed by atoms with van der Waals surface area (Å²) in [4.78, 5) is 12.7. The smallest absolute Gasteiger partial charge is 0.228 e. The Morgan fingerprint density at radius 1 is 1.09 bits per heavy atom. The van der Waals surface area contributed by atoms with Crippen LogP contribution < -0.4 is 5.32 Å². The van der Waals surface area contributed by atoms with E-state index in [1.165, 1.54) is 12.3 Å². The van der Waals surface area contributed by atoms with Gasteiger partial charge in [0, 0.05) is 22.4 Å². The molecule has 7 nitrogen and oxygen atoms in total. The largest absolute Gasteiger partial charge is 0.392 e. The number of nitrogens with one attached hydrogen (secondary N) is 1. The fourth-order valence-electron chi connectivity index (χ4n) is 3.67. The molecule has 1 amide bonds. The van der Waals surface area contributed by atoms with E-state index in [0.29, 0.717) is 33.7 Å². The zero-order valence-corrected chi connectivity index (χ0v) is 19.4. The maximum atomic E-state index is 12.7. The van der Waals surface area contributed by atoms with Crippen LogP contribution in [0.15, 0.2) is 71.8 Å². The number of nitrogens with zero attached hydrogens (tertiary/aromatic N) is 2. The van der Waals surface area contributed by atoms with Crippen molar-refractivity contribution in [2.75, 3.05) is 11.6 Å². The predicted octanol–water partition coefficient (Wildman–Crippen LogP) is 3.82. The van der Waals surface area contributed by atoms with Crippen molar-refractivity contribution < 1.29 is 18.3 Å². The van der Waals surface area contributed by atoms with E-state index in [9.17, 15) is 18.3 Å². The normalized spacial score (nSPS) is 11.6. The summed E-state index contributed by atoms with van der Waals surface area (Å²) < 4.78 is 26.6. The average molecular weight is 484 g/mol. The summed E-state index contributed by atoms with van der Waals surface area (Å²) in [6.07, 6.45) is 2.69. The number of halogens is 1. The number of anilines is 1. The number of hydrogen-bond donors (Lipinski definition) is 2. The molecule has 4 rings (SSSR count). The number of aromatic nitrogens is 2. The number of aliphatic hydroxyl groups is 1. The Balaban J connectivity index is 1.70. The Morgan fingerprint density at radius 3 is 2.58 bits per heavy atom. The number of amides is 1. The van der Waals surface area contributed by atoms with Gasteiger partial charge in [0.2, 0.25) is 5.91 Å². The summed E-state index contributed by atoms with van der Waals surface area (Å²) in [5.74, 6) is -0.316. The maximum Gasteiger partial charge on any atom is 0.228 e. The van der Waals surface area contributed by atoms with Crippen LogP contribution in [0.4, 0.5) is 5.69 Å². The van der Waals surface area contributed by atoms with Crippen molar-refractivity contribution in [3.05, 3.63) is 88.6 Å². The summed E-state index contributed by atoms with van der Waals surface area (Å²) in [6, 6.07) is 17.6. The van der Waals surface area contributed by atoms with Gasteiger partial charge in [-0.15, -0.1) is 0 Å². The molecule has 0 bridgehead atoms. The van der Waals surface area contributed by atoms with Crippen LogP contribution in [0.2, 0.25) is 5.02 Å². The molecule has 0 radical (unpaired) electrons. The van der Waals surface area contributed by atoms with Gasteiger partial charge in [-0.3, -0.25) is 9.48 Å². The van der Waals surface area contributed by atoms with Gasteiger partial charge in [-0.25, -0.2) is 8.42 Å². The summed E-state index contributed by atoms with van der Waals surface area (Å²) in [7, 11) is -3.58. The highest BCUT2D eigenvalue weighted by Crippen LogP contribution is 2.28. The van der Waals surface area contributed by atoms with E-state index in [1.54, 1.807) is 35.0 Å². The highest BCUT2D eigenvalue weighted by Gasteiger charge is 2.18. The Bertz CT molecular complexity index is 1450. The lowest BCUT2D eigenvalue weighted by molar-refractivity contribution is -0.115. The molecule has 1 aromatic heterocycles. The summed E-state index contributed by atoms with van der Waals surface area (Å²) in [6.45, 7) is 0.297. The van der Waals surface area contributed by atoms with E-state index < -0.39 is 9.84 Å². The third-order valence-corrected chi connectivity index (χ3v) is 6.73. The summed E-state index contributed by atoms with van der Waals surface area (Å²) in [5.41, 5.74) is 3.27. The molecule has 1 heterocycles. The zero-order valence-electron chi connectivity index (χ0n) is 17.8. The van der Waals surface area contributed by atoms with Gasteiger partial charge >= 0.3 is 0 Å². The minimum Gasteiger partial charge on any atom is -0.392 e. The first-order chi connectivity index (χ1) is 15.7. The first-order valence-corrected chi connectivity index (χ1v) is 12.4. The highest BCUT2D eigenvalue weighted by atomic mass is 35.5. The van der Waals surface area contributed by atoms with Gasteiger partial charge in [0.1, 0.15) is 0 Å². The predicted molar refractivity (Wildman–Crippen MR) is 128 cm³/mol. The number of hydrogen-bond acceptors (Lipinski definition) is 5. The molecule has 0 aliphatic heterocycles. The van der Waals surface area contributed by atoms with E-state index in [2.05, 4.69) is 10.4 Å². The average Bonchev–Trinajstić information content (AvgIpc) is 3.16. The zero-order chi connectivity index (χ0) is 23.6. The van der Waals surface area contributed by atoms with Crippen LogP contribution in [-0.4, -0.2) is 35.5 Å². The molecule has 0 saturated heterocycles. The van der Waals surface area contributed by atoms with Crippen LogP contribution in [0.25, 0.3) is 10.9 Å². The SMILES string of the molecule is CS(=O)(=O)c1cc(NC(=O)Cc2ccccc2Cl)cc2c1cnn2Cc1cccc(CO)c1. The van der Waals surface area contributed by atoms with Crippen LogP contribution in [0.5, 0.6) is 0 Å². The molecule has 9 heteroatoms. The minimum atomic E-state index is -3.58.